The van der Waals surface area contributed by atoms with Gasteiger partial charge in [0.15, 0.2) is 12.4 Å². The molecule has 1 fully saturated rings. The summed E-state index contributed by atoms with van der Waals surface area (Å²) in [6.07, 6.45) is 49.1. The van der Waals surface area contributed by atoms with E-state index < -0.39 is 67.4 Å². The van der Waals surface area contributed by atoms with Crippen molar-refractivity contribution >= 4 is 11.9 Å². The van der Waals surface area contributed by atoms with Crippen molar-refractivity contribution in [3.63, 3.8) is 0 Å². The van der Waals surface area contributed by atoms with Gasteiger partial charge < -0.3 is 45.1 Å². The van der Waals surface area contributed by atoms with E-state index in [4.69, 9.17) is 14.2 Å². The average molecular weight is 984 g/mol. The third kappa shape index (κ3) is 35.0. The van der Waals surface area contributed by atoms with Gasteiger partial charge in [0.05, 0.1) is 25.4 Å². The molecule has 1 heterocycles. The van der Waals surface area contributed by atoms with Crippen LogP contribution in [0.5, 0.6) is 0 Å². The predicted molar refractivity (Wildman–Crippen MR) is 287 cm³/mol. The van der Waals surface area contributed by atoms with E-state index in [2.05, 4.69) is 62.5 Å². The molecule has 6 N–H and O–H groups in total. The van der Waals surface area contributed by atoms with Crippen molar-refractivity contribution in [2.24, 2.45) is 0 Å². The number of ether oxygens (including phenoxy) is 3. The van der Waals surface area contributed by atoms with Gasteiger partial charge in [0.25, 0.3) is 0 Å². The summed E-state index contributed by atoms with van der Waals surface area (Å²) in [5.74, 6) is -1.24. The molecule has 0 spiro atoms. The van der Waals surface area contributed by atoms with E-state index in [0.717, 1.165) is 96.3 Å². The van der Waals surface area contributed by atoms with Crippen LogP contribution in [0, 0.1) is 0 Å². The van der Waals surface area contributed by atoms with Gasteiger partial charge in [0.2, 0.25) is 5.91 Å². The zero-order valence-electron chi connectivity index (χ0n) is 44.1. The maximum Gasteiger partial charge on any atom is 0.306 e. The first-order valence-electron chi connectivity index (χ1n) is 27.9. The molecule has 11 heteroatoms. The summed E-state index contributed by atoms with van der Waals surface area (Å²) in [7, 11) is 0. The third-order valence-corrected chi connectivity index (χ3v) is 12.7. The molecule has 8 atom stereocenters. The van der Waals surface area contributed by atoms with Crippen molar-refractivity contribution < 1.29 is 49.3 Å². The topological polar surface area (TPSA) is 175 Å². The van der Waals surface area contributed by atoms with Crippen molar-refractivity contribution in [2.45, 2.75) is 262 Å². The minimum Gasteiger partial charge on any atom is -0.454 e. The maximum atomic E-state index is 13.4. The van der Waals surface area contributed by atoms with Crippen LogP contribution in [0.2, 0.25) is 0 Å². The Labute approximate surface area is 425 Å². The first-order valence-corrected chi connectivity index (χ1v) is 27.9. The molecule has 8 unspecified atom stereocenters. The lowest BCUT2D eigenvalue weighted by molar-refractivity contribution is -0.305. The quantitative estimate of drug-likeness (QED) is 0.0149. The Hall–Kier alpha value is -3.16. The van der Waals surface area contributed by atoms with Gasteiger partial charge in [0, 0.05) is 6.42 Å². The van der Waals surface area contributed by atoms with Gasteiger partial charge in [0.1, 0.15) is 24.4 Å². The van der Waals surface area contributed by atoms with Crippen molar-refractivity contribution in [3.8, 4) is 0 Å². The van der Waals surface area contributed by atoms with Crippen LogP contribution in [0.1, 0.15) is 213 Å². The number of hydrogen-bond acceptors (Lipinski definition) is 10. The first kappa shape index (κ1) is 64.9. The molecule has 1 amide bonds. The van der Waals surface area contributed by atoms with E-state index in [0.29, 0.717) is 12.8 Å². The Balaban J connectivity index is 2.78. The number of carbonyl (C=O) groups is 2. The summed E-state index contributed by atoms with van der Waals surface area (Å²) in [5.41, 5.74) is 0. The fourth-order valence-electron chi connectivity index (χ4n) is 8.18. The van der Waals surface area contributed by atoms with Crippen molar-refractivity contribution in [2.75, 3.05) is 13.2 Å². The van der Waals surface area contributed by atoms with Crippen molar-refractivity contribution in [1.82, 2.24) is 5.32 Å². The largest absolute Gasteiger partial charge is 0.454 e. The zero-order valence-corrected chi connectivity index (χ0v) is 44.1. The van der Waals surface area contributed by atoms with Gasteiger partial charge in [-0.15, -0.1) is 0 Å². The number of unbranched alkanes of at least 4 members (excludes halogenated alkanes) is 23. The van der Waals surface area contributed by atoms with Crippen LogP contribution >= 0.6 is 0 Å². The molecule has 1 rings (SSSR count). The zero-order chi connectivity index (χ0) is 51.1. The molecule has 1 saturated heterocycles. The molecular formula is C59H101NO10. The normalized spacial score (nSPS) is 20.4. The molecule has 1 aliphatic rings. The lowest BCUT2D eigenvalue weighted by Gasteiger charge is -2.41. The molecular weight excluding hydrogens is 883 g/mol. The first-order chi connectivity index (χ1) is 34.2. The molecule has 70 heavy (non-hydrogen) atoms. The maximum absolute atomic E-state index is 13.4. The SMILES string of the molecule is CC/C=C/C=C/C=C/C=C\CCCCCCCC(=O)OC1C(OCC(NC(=O)C(O)CCCCCCC/C=C/C=C/CCCCC)C(O)/C=C/CCCCCCCCCCCC)OC(CO)C(O)C1O. The molecule has 402 valence electrons. The average Bonchev–Trinajstić information content (AvgIpc) is 3.36. The van der Waals surface area contributed by atoms with Crippen LogP contribution in [0.25, 0.3) is 0 Å². The van der Waals surface area contributed by atoms with Gasteiger partial charge in [-0.1, -0.05) is 221 Å². The Morgan fingerprint density at radius 3 is 1.59 bits per heavy atom. The van der Waals surface area contributed by atoms with Gasteiger partial charge >= 0.3 is 5.97 Å². The molecule has 0 radical (unpaired) electrons. The number of hydrogen-bond donors (Lipinski definition) is 6. The summed E-state index contributed by atoms with van der Waals surface area (Å²) in [6.45, 7) is 5.57. The van der Waals surface area contributed by atoms with Gasteiger partial charge in [-0.25, -0.2) is 0 Å². The standard InChI is InChI=1S/C59H101NO10/c1-4-7-10-13-16-19-22-25-27-29-32-35-38-41-44-47-54(64)70-57-56(66)55(65)53(48-61)69-59(57)68-49-50(51(62)45-42-39-36-33-30-24-21-18-15-12-9-6-3)60-58(67)52(63)46-43-40-37-34-31-28-26-23-20-17-14-11-8-5-2/h7,10,13,16-17,19-20,22-23,25-27,42,45,50-53,55-57,59,61-63,65-66H,4-6,8-9,11-12,14-15,18,21,24,28-41,43-44,46-49H2,1-3H3,(H,60,67)/b10-7+,16-13+,20-17+,22-19+,26-23+,27-25-,45-42+. The highest BCUT2D eigenvalue weighted by atomic mass is 16.7. The van der Waals surface area contributed by atoms with Crippen LogP contribution in [0.3, 0.4) is 0 Å². The minimum absolute atomic E-state index is 0.0920. The number of nitrogens with one attached hydrogen (secondary N) is 1. The highest BCUT2D eigenvalue weighted by molar-refractivity contribution is 5.80. The second-order valence-electron chi connectivity index (χ2n) is 19.1. The van der Waals surface area contributed by atoms with E-state index in [1.807, 2.05) is 42.5 Å². The second-order valence-corrected chi connectivity index (χ2v) is 19.1. The fraction of sp³-hybridized carbons (Fsp3) is 0.729. The number of rotatable bonds is 45. The van der Waals surface area contributed by atoms with Crippen LogP contribution in [0.4, 0.5) is 0 Å². The molecule has 0 saturated carbocycles. The van der Waals surface area contributed by atoms with E-state index >= 15 is 0 Å². The van der Waals surface area contributed by atoms with E-state index in [9.17, 15) is 35.1 Å². The Kier molecular flexibility index (Phi) is 43.4. The van der Waals surface area contributed by atoms with Gasteiger partial charge in [-0.2, -0.15) is 0 Å². The summed E-state index contributed by atoms with van der Waals surface area (Å²) in [4.78, 5) is 26.4. The van der Waals surface area contributed by atoms with Gasteiger partial charge in [-0.3, -0.25) is 9.59 Å². The number of aliphatic hydroxyl groups excluding tert-OH is 5. The summed E-state index contributed by atoms with van der Waals surface area (Å²) < 4.78 is 17.5. The lowest BCUT2D eigenvalue weighted by atomic mass is 9.99. The molecule has 11 nitrogen and oxygen atoms in total. The van der Waals surface area contributed by atoms with E-state index in [1.54, 1.807) is 6.08 Å². The summed E-state index contributed by atoms with van der Waals surface area (Å²) >= 11 is 0. The monoisotopic (exact) mass is 984 g/mol. The predicted octanol–water partition coefficient (Wildman–Crippen LogP) is 12.2. The second kappa shape index (κ2) is 46.9. The number of carbonyl (C=O) groups excluding carboxylic acids is 2. The minimum atomic E-state index is -1.63. The van der Waals surface area contributed by atoms with Crippen molar-refractivity contribution in [3.05, 3.63) is 85.1 Å². The third-order valence-electron chi connectivity index (χ3n) is 12.7. The summed E-state index contributed by atoms with van der Waals surface area (Å²) in [6, 6.07) is -1.04. The number of amides is 1. The fourth-order valence-corrected chi connectivity index (χ4v) is 8.18. The van der Waals surface area contributed by atoms with E-state index in [1.165, 1.54) is 70.6 Å². The van der Waals surface area contributed by atoms with Crippen LogP contribution in [0.15, 0.2) is 85.1 Å². The van der Waals surface area contributed by atoms with Crippen molar-refractivity contribution in [1.29, 1.82) is 0 Å². The highest BCUT2D eigenvalue weighted by Crippen LogP contribution is 2.26. The molecule has 0 bridgehead atoms. The number of aliphatic hydroxyl groups is 5. The highest BCUT2D eigenvalue weighted by Gasteiger charge is 2.47. The number of esters is 1. The molecule has 1 aliphatic heterocycles. The van der Waals surface area contributed by atoms with Crippen LogP contribution in [-0.2, 0) is 23.8 Å². The molecule has 0 aliphatic carbocycles. The van der Waals surface area contributed by atoms with Crippen LogP contribution in [-0.4, -0.2) is 99.6 Å². The van der Waals surface area contributed by atoms with E-state index in [-0.39, 0.29) is 19.4 Å². The molecule has 0 aromatic rings. The lowest BCUT2D eigenvalue weighted by Crippen LogP contribution is -2.61. The summed E-state index contributed by atoms with van der Waals surface area (Å²) in [5, 5.41) is 56.7. The van der Waals surface area contributed by atoms with Crippen LogP contribution < -0.4 is 5.32 Å². The molecule has 0 aromatic heterocycles. The van der Waals surface area contributed by atoms with Gasteiger partial charge in [-0.05, 0) is 70.6 Å². The Bertz CT molecular complexity index is 1460. The number of allylic oxidation sites excluding steroid dienone is 13. The Morgan fingerprint density at radius 1 is 0.571 bits per heavy atom. The smallest absolute Gasteiger partial charge is 0.306 e. The molecule has 0 aromatic carbocycles. The Morgan fingerprint density at radius 2 is 1.03 bits per heavy atom.